The Morgan fingerprint density at radius 2 is 2.09 bits per heavy atom. The van der Waals surface area contributed by atoms with E-state index in [1.54, 1.807) is 24.0 Å². The lowest BCUT2D eigenvalue weighted by Gasteiger charge is -2.06. The number of ether oxygens (including phenoxy) is 1. The third-order valence-corrected chi connectivity index (χ3v) is 3.56. The maximum Gasteiger partial charge on any atom is 0.254 e. The number of hydrogen-bond donors (Lipinski definition) is 1. The average molecular weight is 310 g/mol. The molecule has 6 heteroatoms. The Labute approximate surface area is 134 Å². The number of aromatic nitrogens is 3. The molecule has 0 fully saturated rings. The van der Waals surface area contributed by atoms with Gasteiger partial charge in [0.15, 0.2) is 5.65 Å². The number of methoxy groups -OCH3 is 1. The van der Waals surface area contributed by atoms with Crippen molar-refractivity contribution in [2.45, 2.75) is 13.3 Å². The number of benzene rings is 1. The maximum atomic E-state index is 12.2. The van der Waals surface area contributed by atoms with Gasteiger partial charge in [-0.3, -0.25) is 4.79 Å². The number of aryl methyl sites for hydroxylation is 1. The zero-order valence-corrected chi connectivity index (χ0v) is 13.1. The van der Waals surface area contributed by atoms with E-state index in [0.717, 1.165) is 29.1 Å². The Balaban J connectivity index is 1.59. The Bertz CT molecular complexity index is 824. The number of hydrogen-bond acceptors (Lipinski definition) is 4. The Kier molecular flexibility index (Phi) is 4.23. The lowest BCUT2D eigenvalue weighted by atomic mass is 10.1. The average Bonchev–Trinajstić information content (AvgIpc) is 2.94. The highest BCUT2D eigenvalue weighted by atomic mass is 16.5. The lowest BCUT2D eigenvalue weighted by Crippen LogP contribution is -2.26. The molecule has 23 heavy (non-hydrogen) atoms. The summed E-state index contributed by atoms with van der Waals surface area (Å²) in [6, 6.07) is 9.67. The Morgan fingerprint density at radius 3 is 2.83 bits per heavy atom. The summed E-state index contributed by atoms with van der Waals surface area (Å²) in [7, 11) is 1.64. The van der Waals surface area contributed by atoms with Crippen LogP contribution in [0.15, 0.2) is 42.7 Å². The van der Waals surface area contributed by atoms with Gasteiger partial charge in [0.25, 0.3) is 5.91 Å². The minimum absolute atomic E-state index is 0.152. The molecule has 0 aliphatic rings. The van der Waals surface area contributed by atoms with Crippen molar-refractivity contribution in [3.8, 4) is 5.75 Å². The zero-order valence-electron chi connectivity index (χ0n) is 13.1. The number of amides is 1. The number of nitrogens with zero attached hydrogens (tertiary/aromatic N) is 3. The van der Waals surface area contributed by atoms with E-state index in [9.17, 15) is 4.79 Å². The Hall–Kier alpha value is -2.89. The van der Waals surface area contributed by atoms with Crippen molar-refractivity contribution in [2.75, 3.05) is 13.7 Å². The molecule has 3 aromatic rings. The van der Waals surface area contributed by atoms with Crippen LogP contribution in [-0.2, 0) is 6.42 Å². The molecule has 0 saturated heterocycles. The smallest absolute Gasteiger partial charge is 0.254 e. The fraction of sp³-hybridized carbons (Fsp3) is 0.235. The molecule has 1 N–H and O–H groups in total. The molecule has 2 aromatic heterocycles. The first-order valence-corrected chi connectivity index (χ1v) is 7.39. The fourth-order valence-electron chi connectivity index (χ4n) is 2.33. The first-order valence-electron chi connectivity index (χ1n) is 7.39. The third-order valence-electron chi connectivity index (χ3n) is 3.56. The molecular weight excluding hydrogens is 292 g/mol. The van der Waals surface area contributed by atoms with Gasteiger partial charge in [0, 0.05) is 25.0 Å². The van der Waals surface area contributed by atoms with Gasteiger partial charge in [0.2, 0.25) is 0 Å². The van der Waals surface area contributed by atoms with Gasteiger partial charge in [-0.05, 0) is 31.0 Å². The van der Waals surface area contributed by atoms with E-state index >= 15 is 0 Å². The summed E-state index contributed by atoms with van der Waals surface area (Å²) in [6.45, 7) is 2.45. The van der Waals surface area contributed by atoms with Crippen LogP contribution in [0.5, 0.6) is 5.75 Å². The molecule has 0 spiro atoms. The van der Waals surface area contributed by atoms with E-state index in [0.29, 0.717) is 12.1 Å². The lowest BCUT2D eigenvalue weighted by molar-refractivity contribution is 0.0953. The molecule has 0 saturated carbocycles. The third kappa shape index (κ3) is 3.48. The molecular formula is C17H18N4O2. The van der Waals surface area contributed by atoms with Crippen LogP contribution in [0.1, 0.15) is 21.6 Å². The minimum atomic E-state index is -0.152. The van der Waals surface area contributed by atoms with Crippen LogP contribution in [0.4, 0.5) is 0 Å². The van der Waals surface area contributed by atoms with Crippen LogP contribution < -0.4 is 10.1 Å². The molecule has 0 bridgehead atoms. The molecule has 3 rings (SSSR count). The van der Waals surface area contributed by atoms with E-state index < -0.39 is 0 Å². The highest BCUT2D eigenvalue weighted by Crippen LogP contribution is 2.11. The number of carbonyl (C=O) groups excluding carboxylic acids is 1. The van der Waals surface area contributed by atoms with E-state index in [1.807, 2.05) is 37.3 Å². The molecule has 2 heterocycles. The van der Waals surface area contributed by atoms with E-state index in [-0.39, 0.29) is 5.91 Å². The van der Waals surface area contributed by atoms with Crippen molar-refractivity contribution in [1.29, 1.82) is 0 Å². The molecule has 0 atom stereocenters. The van der Waals surface area contributed by atoms with Gasteiger partial charge in [0.1, 0.15) is 5.75 Å². The standard InChI is InChI=1S/C17H18N4O2/c1-12-9-16-19-10-14(11-21(16)20-12)17(22)18-8-7-13-3-5-15(23-2)6-4-13/h3-6,9-11H,7-8H2,1-2H3,(H,18,22). The summed E-state index contributed by atoms with van der Waals surface area (Å²) < 4.78 is 6.74. The summed E-state index contributed by atoms with van der Waals surface area (Å²) in [5.74, 6) is 0.674. The van der Waals surface area contributed by atoms with Crippen LogP contribution in [0.2, 0.25) is 0 Å². The van der Waals surface area contributed by atoms with E-state index in [2.05, 4.69) is 15.4 Å². The van der Waals surface area contributed by atoms with Crippen molar-refractivity contribution >= 4 is 11.6 Å². The van der Waals surface area contributed by atoms with Gasteiger partial charge in [-0.15, -0.1) is 0 Å². The second-order valence-corrected chi connectivity index (χ2v) is 5.29. The maximum absolute atomic E-state index is 12.2. The van der Waals surface area contributed by atoms with Crippen molar-refractivity contribution in [1.82, 2.24) is 19.9 Å². The number of fused-ring (bicyclic) bond motifs is 1. The van der Waals surface area contributed by atoms with Crippen LogP contribution >= 0.6 is 0 Å². The van der Waals surface area contributed by atoms with Crippen molar-refractivity contribution in [3.63, 3.8) is 0 Å². The number of rotatable bonds is 5. The summed E-state index contributed by atoms with van der Waals surface area (Å²) in [6.07, 6.45) is 4.02. The van der Waals surface area contributed by atoms with E-state index in [4.69, 9.17) is 4.74 Å². The summed E-state index contributed by atoms with van der Waals surface area (Å²) >= 11 is 0. The summed E-state index contributed by atoms with van der Waals surface area (Å²) in [4.78, 5) is 16.4. The van der Waals surface area contributed by atoms with Crippen molar-refractivity contribution < 1.29 is 9.53 Å². The van der Waals surface area contributed by atoms with Gasteiger partial charge < -0.3 is 10.1 Å². The second kappa shape index (κ2) is 6.48. The molecule has 0 radical (unpaired) electrons. The predicted molar refractivity (Wildman–Crippen MR) is 86.8 cm³/mol. The monoisotopic (exact) mass is 310 g/mol. The van der Waals surface area contributed by atoms with Crippen LogP contribution in [0.25, 0.3) is 5.65 Å². The number of carbonyl (C=O) groups is 1. The molecule has 118 valence electrons. The SMILES string of the molecule is COc1ccc(CCNC(=O)c2cnc3cc(C)nn3c2)cc1. The number of nitrogens with one attached hydrogen (secondary N) is 1. The van der Waals surface area contributed by atoms with Gasteiger partial charge >= 0.3 is 0 Å². The first kappa shape index (κ1) is 15.0. The highest BCUT2D eigenvalue weighted by molar-refractivity contribution is 5.93. The van der Waals surface area contributed by atoms with Crippen LogP contribution in [0, 0.1) is 6.92 Å². The first-order chi connectivity index (χ1) is 11.2. The highest BCUT2D eigenvalue weighted by Gasteiger charge is 2.08. The molecule has 0 aliphatic heterocycles. The predicted octanol–water partition coefficient (Wildman–Crippen LogP) is 2.02. The van der Waals surface area contributed by atoms with Gasteiger partial charge in [-0.25, -0.2) is 9.50 Å². The minimum Gasteiger partial charge on any atom is -0.497 e. The van der Waals surface area contributed by atoms with Crippen molar-refractivity contribution in [3.05, 3.63) is 59.5 Å². The summed E-state index contributed by atoms with van der Waals surface area (Å²) in [5.41, 5.74) is 3.24. The summed E-state index contributed by atoms with van der Waals surface area (Å²) in [5, 5.41) is 7.16. The molecule has 1 aromatic carbocycles. The zero-order chi connectivity index (χ0) is 16.2. The van der Waals surface area contributed by atoms with Crippen LogP contribution in [-0.4, -0.2) is 34.2 Å². The quantitative estimate of drug-likeness (QED) is 0.783. The second-order valence-electron chi connectivity index (χ2n) is 5.29. The molecule has 0 unspecified atom stereocenters. The van der Waals surface area contributed by atoms with Gasteiger partial charge in [0.05, 0.1) is 18.4 Å². The van der Waals surface area contributed by atoms with Crippen LogP contribution in [0.3, 0.4) is 0 Å². The molecule has 1 amide bonds. The van der Waals surface area contributed by atoms with Gasteiger partial charge in [-0.2, -0.15) is 5.10 Å². The fourth-order valence-corrected chi connectivity index (χ4v) is 2.33. The van der Waals surface area contributed by atoms with E-state index in [1.165, 1.54) is 0 Å². The topological polar surface area (TPSA) is 68.5 Å². The molecule has 6 nitrogen and oxygen atoms in total. The normalized spacial score (nSPS) is 10.7. The van der Waals surface area contributed by atoms with Crippen molar-refractivity contribution in [2.24, 2.45) is 0 Å². The Morgan fingerprint density at radius 1 is 1.30 bits per heavy atom. The largest absolute Gasteiger partial charge is 0.497 e. The molecule has 0 aliphatic carbocycles. The van der Waals surface area contributed by atoms with Gasteiger partial charge in [-0.1, -0.05) is 12.1 Å².